The quantitative estimate of drug-likeness (QED) is 0.208. The molecule has 0 amide bonds. The minimum atomic E-state index is -1.59. The lowest BCUT2D eigenvalue weighted by Crippen LogP contribution is -2.49. The lowest BCUT2D eigenvalue weighted by molar-refractivity contribution is -0.199. The molecule has 0 fully saturated rings. The number of ether oxygens (including phenoxy) is 4. The number of aliphatic hydroxyl groups excluding tert-OH is 4. The molecular weight excluding hydrogens is 396 g/mol. The molecule has 0 aromatic heterocycles. The molecule has 0 heterocycles. The number of aliphatic hydroxyl groups is 4. The van der Waals surface area contributed by atoms with E-state index in [4.69, 9.17) is 18.9 Å². The highest BCUT2D eigenvalue weighted by atomic mass is 16.6. The Morgan fingerprint density at radius 3 is 1.41 bits per heavy atom. The Labute approximate surface area is 167 Å². The van der Waals surface area contributed by atoms with Gasteiger partial charge >= 0.3 is 23.9 Å². The maximum atomic E-state index is 11.8. The Morgan fingerprint density at radius 1 is 0.621 bits per heavy atom. The molecule has 0 aliphatic heterocycles. The van der Waals surface area contributed by atoms with E-state index in [2.05, 4.69) is 0 Å². The predicted octanol–water partition coefficient (Wildman–Crippen LogP) is -2.19. The summed E-state index contributed by atoms with van der Waals surface area (Å²) < 4.78 is 19.7. The average molecular weight is 424 g/mol. The molecule has 12 heteroatoms. The Bertz CT molecular complexity index is 569. The molecule has 0 aromatic rings. The molecule has 0 spiro atoms. The third-order valence-electron chi connectivity index (χ3n) is 3.41. The normalized spacial score (nSPS) is 18.2. The Balaban J connectivity index is 5.73. The summed E-state index contributed by atoms with van der Waals surface area (Å²) >= 11 is 0. The number of hydrogen-bond donors (Lipinski definition) is 4. The number of carbonyl (C=O) groups excluding carboxylic acids is 4. The van der Waals surface area contributed by atoms with Crippen LogP contribution in [0.5, 0.6) is 0 Å². The van der Waals surface area contributed by atoms with Crippen molar-refractivity contribution in [2.75, 3.05) is 6.61 Å². The fraction of sp³-hybridized carbons (Fsp3) is 0.765. The van der Waals surface area contributed by atoms with Crippen LogP contribution in [0, 0.1) is 0 Å². The molecular formula is C17H28O12. The van der Waals surface area contributed by atoms with Crippen molar-refractivity contribution < 1.29 is 58.6 Å². The van der Waals surface area contributed by atoms with Crippen molar-refractivity contribution >= 4 is 23.9 Å². The highest BCUT2D eigenvalue weighted by Gasteiger charge is 2.38. The lowest BCUT2D eigenvalue weighted by atomic mass is 10.1. The molecule has 0 aliphatic carbocycles. The van der Waals surface area contributed by atoms with Gasteiger partial charge in [-0.05, 0) is 34.6 Å². The van der Waals surface area contributed by atoms with E-state index in [1.54, 1.807) is 0 Å². The van der Waals surface area contributed by atoms with Crippen LogP contribution >= 0.6 is 0 Å². The summed E-state index contributed by atoms with van der Waals surface area (Å²) in [6.07, 6.45) is -10.7. The van der Waals surface area contributed by atoms with Crippen LogP contribution < -0.4 is 0 Å². The van der Waals surface area contributed by atoms with Crippen molar-refractivity contribution in [1.29, 1.82) is 0 Å². The smallest absolute Gasteiger partial charge is 0.335 e. The number of esters is 4. The second-order valence-corrected chi connectivity index (χ2v) is 6.35. The van der Waals surface area contributed by atoms with E-state index in [1.165, 1.54) is 6.92 Å². The third kappa shape index (κ3) is 9.65. The zero-order chi connectivity index (χ0) is 22.9. The standard InChI is InChI=1S/C17H28O12/c1-7(18)14(22)26-6-12(28-16(24)9(3)20)13(29-17(25)10(4)21)11(5)27-15(23)8(2)19/h7-13,18-21H,6H2,1-5H3. The summed E-state index contributed by atoms with van der Waals surface area (Å²) in [5.74, 6) is -4.51. The summed E-state index contributed by atoms with van der Waals surface area (Å²) in [5.41, 5.74) is 0. The van der Waals surface area contributed by atoms with E-state index in [0.29, 0.717) is 0 Å². The average Bonchev–Trinajstić information content (AvgIpc) is 2.61. The van der Waals surface area contributed by atoms with E-state index in [1.807, 2.05) is 0 Å². The second-order valence-electron chi connectivity index (χ2n) is 6.35. The molecule has 0 bridgehead atoms. The van der Waals surface area contributed by atoms with Crippen LogP contribution in [0.2, 0.25) is 0 Å². The molecule has 12 nitrogen and oxygen atoms in total. The topological polar surface area (TPSA) is 186 Å². The maximum absolute atomic E-state index is 11.8. The van der Waals surface area contributed by atoms with Gasteiger partial charge in [0.2, 0.25) is 0 Å². The Hall–Kier alpha value is -2.28. The zero-order valence-electron chi connectivity index (χ0n) is 16.8. The molecule has 0 aliphatic rings. The van der Waals surface area contributed by atoms with Crippen LogP contribution in [-0.2, 0) is 38.1 Å². The van der Waals surface area contributed by atoms with Crippen molar-refractivity contribution in [3.05, 3.63) is 0 Å². The molecule has 4 N–H and O–H groups in total. The second kappa shape index (κ2) is 12.3. The highest BCUT2D eigenvalue weighted by Crippen LogP contribution is 2.16. The minimum Gasteiger partial charge on any atom is -0.460 e. The monoisotopic (exact) mass is 424 g/mol. The van der Waals surface area contributed by atoms with E-state index in [9.17, 15) is 39.6 Å². The van der Waals surface area contributed by atoms with Gasteiger partial charge in [-0.2, -0.15) is 0 Å². The molecule has 0 rings (SSSR count). The first-order valence-electron chi connectivity index (χ1n) is 8.78. The van der Waals surface area contributed by atoms with Crippen molar-refractivity contribution in [3.63, 3.8) is 0 Å². The van der Waals surface area contributed by atoms with E-state index in [0.717, 1.165) is 27.7 Å². The number of hydrogen-bond acceptors (Lipinski definition) is 12. The molecule has 7 unspecified atom stereocenters. The minimum absolute atomic E-state index is 0.740. The fourth-order valence-electron chi connectivity index (χ4n) is 1.78. The van der Waals surface area contributed by atoms with Crippen molar-refractivity contribution in [1.82, 2.24) is 0 Å². The van der Waals surface area contributed by atoms with E-state index < -0.39 is 73.2 Å². The molecule has 0 saturated heterocycles. The fourth-order valence-corrected chi connectivity index (χ4v) is 1.78. The summed E-state index contributed by atoms with van der Waals surface area (Å²) in [7, 11) is 0. The first-order chi connectivity index (χ1) is 13.3. The van der Waals surface area contributed by atoms with Gasteiger partial charge in [-0.15, -0.1) is 0 Å². The van der Waals surface area contributed by atoms with Gasteiger partial charge in [0.15, 0.2) is 12.2 Å². The zero-order valence-corrected chi connectivity index (χ0v) is 16.8. The van der Waals surface area contributed by atoms with E-state index >= 15 is 0 Å². The van der Waals surface area contributed by atoms with Gasteiger partial charge in [0.05, 0.1) is 0 Å². The third-order valence-corrected chi connectivity index (χ3v) is 3.41. The maximum Gasteiger partial charge on any atom is 0.335 e. The van der Waals surface area contributed by atoms with Crippen molar-refractivity contribution in [3.8, 4) is 0 Å². The van der Waals surface area contributed by atoms with Gasteiger partial charge < -0.3 is 39.4 Å². The first-order valence-corrected chi connectivity index (χ1v) is 8.78. The Morgan fingerprint density at radius 2 is 1.00 bits per heavy atom. The molecule has 0 radical (unpaired) electrons. The Kier molecular flexibility index (Phi) is 11.3. The van der Waals surface area contributed by atoms with E-state index in [-0.39, 0.29) is 0 Å². The van der Waals surface area contributed by atoms with Gasteiger partial charge in [-0.25, -0.2) is 19.2 Å². The largest absolute Gasteiger partial charge is 0.460 e. The number of rotatable bonds is 11. The van der Waals surface area contributed by atoms with Crippen LogP contribution in [-0.4, -0.2) is 93.6 Å². The first kappa shape index (κ1) is 26.7. The molecule has 7 atom stereocenters. The molecule has 29 heavy (non-hydrogen) atoms. The molecule has 0 aromatic carbocycles. The summed E-state index contributed by atoms with van der Waals surface area (Å²) in [6, 6.07) is 0. The van der Waals surface area contributed by atoms with Gasteiger partial charge in [-0.1, -0.05) is 0 Å². The van der Waals surface area contributed by atoms with Crippen LogP contribution in [0.3, 0.4) is 0 Å². The highest BCUT2D eigenvalue weighted by molar-refractivity contribution is 5.76. The SMILES string of the molecule is CC(O)C(=O)OCC(OC(=O)C(C)O)C(OC(=O)C(C)O)C(C)OC(=O)C(C)O. The summed E-state index contributed by atoms with van der Waals surface area (Å²) in [4.78, 5) is 46.8. The van der Waals surface area contributed by atoms with Gasteiger partial charge in [0.25, 0.3) is 0 Å². The molecule has 168 valence electrons. The van der Waals surface area contributed by atoms with Gasteiger partial charge in [0, 0.05) is 0 Å². The predicted molar refractivity (Wildman–Crippen MR) is 93.0 cm³/mol. The number of carbonyl (C=O) groups is 4. The summed E-state index contributed by atoms with van der Waals surface area (Å²) in [6.45, 7) is 4.93. The summed E-state index contributed by atoms with van der Waals surface area (Å²) in [5, 5.41) is 37.2. The van der Waals surface area contributed by atoms with Gasteiger partial charge in [0.1, 0.15) is 37.1 Å². The van der Waals surface area contributed by atoms with Crippen LogP contribution in [0.25, 0.3) is 0 Å². The van der Waals surface area contributed by atoms with Crippen molar-refractivity contribution in [2.24, 2.45) is 0 Å². The lowest BCUT2D eigenvalue weighted by Gasteiger charge is -2.31. The van der Waals surface area contributed by atoms with Crippen LogP contribution in [0.4, 0.5) is 0 Å². The molecule has 0 saturated carbocycles. The van der Waals surface area contributed by atoms with Crippen LogP contribution in [0.1, 0.15) is 34.6 Å². The van der Waals surface area contributed by atoms with Crippen molar-refractivity contribution in [2.45, 2.75) is 77.3 Å². The van der Waals surface area contributed by atoms with Gasteiger partial charge in [-0.3, -0.25) is 0 Å². The van der Waals surface area contributed by atoms with Crippen LogP contribution in [0.15, 0.2) is 0 Å².